The monoisotopic (exact) mass is 434 g/mol. The second-order valence-electron chi connectivity index (χ2n) is 7.60. The van der Waals surface area contributed by atoms with Gasteiger partial charge < -0.3 is 14.0 Å². The van der Waals surface area contributed by atoms with Crippen molar-refractivity contribution >= 4 is 16.7 Å². The van der Waals surface area contributed by atoms with Gasteiger partial charge in [-0.2, -0.15) is 10.1 Å². The van der Waals surface area contributed by atoms with E-state index in [0.717, 1.165) is 0 Å². The Bertz CT molecular complexity index is 1330. The second kappa shape index (κ2) is 9.01. The fraction of sp³-hybridized carbons (Fsp3) is 0.261. The number of hydrogen-bond donors (Lipinski definition) is 0. The number of benzene rings is 2. The van der Waals surface area contributed by atoms with Gasteiger partial charge in [-0.05, 0) is 24.1 Å². The van der Waals surface area contributed by atoms with E-state index in [1.54, 1.807) is 37.4 Å². The maximum atomic E-state index is 12.8. The zero-order valence-corrected chi connectivity index (χ0v) is 17.9. The molecule has 4 rings (SSSR count). The molecule has 0 saturated carbocycles. The molecule has 2 aromatic heterocycles. The van der Waals surface area contributed by atoms with Crippen molar-refractivity contribution in [2.45, 2.75) is 27.0 Å². The van der Waals surface area contributed by atoms with Gasteiger partial charge in [-0.1, -0.05) is 49.3 Å². The van der Waals surface area contributed by atoms with Crippen LogP contribution in [0.4, 0.5) is 0 Å². The number of carbonyl (C=O) groups is 1. The topological polar surface area (TPSA) is 109 Å². The van der Waals surface area contributed by atoms with Crippen molar-refractivity contribution < 1.29 is 18.8 Å². The molecule has 0 N–H and O–H groups in total. The maximum Gasteiger partial charge on any atom is 0.359 e. The zero-order chi connectivity index (χ0) is 22.7. The van der Waals surface area contributed by atoms with Crippen LogP contribution in [0.3, 0.4) is 0 Å². The molecule has 0 atom stereocenters. The molecule has 0 bridgehead atoms. The lowest BCUT2D eigenvalue weighted by molar-refractivity contribution is 0.0422. The second-order valence-corrected chi connectivity index (χ2v) is 7.60. The number of ether oxygens (including phenoxy) is 2. The molecule has 32 heavy (non-hydrogen) atoms. The molecule has 9 heteroatoms. The number of carbonyl (C=O) groups excluding carboxylic acids is 1. The number of nitrogens with zero attached hydrogens (tertiary/aromatic N) is 4. The molecule has 0 saturated heterocycles. The highest BCUT2D eigenvalue weighted by Crippen LogP contribution is 2.21. The number of rotatable bonds is 7. The van der Waals surface area contributed by atoms with Crippen LogP contribution in [0.15, 0.2) is 57.8 Å². The van der Waals surface area contributed by atoms with E-state index in [1.807, 2.05) is 32.0 Å². The van der Waals surface area contributed by atoms with Crippen molar-refractivity contribution in [3.8, 4) is 17.1 Å². The van der Waals surface area contributed by atoms with Crippen LogP contribution in [0.25, 0.3) is 22.2 Å². The summed E-state index contributed by atoms with van der Waals surface area (Å²) in [5, 5.41) is 9.05. The van der Waals surface area contributed by atoms with Crippen LogP contribution in [0.2, 0.25) is 0 Å². The SMILES string of the molecule is COc1cccc(-c2noc(COC(=O)c3nn(CC(C)C)c(=O)c4ccccc34)n2)c1. The van der Waals surface area contributed by atoms with Gasteiger partial charge in [-0.15, -0.1) is 0 Å². The molecular formula is C23H22N4O5. The van der Waals surface area contributed by atoms with Crippen LogP contribution < -0.4 is 10.3 Å². The predicted octanol–water partition coefficient (Wildman–Crippen LogP) is 3.47. The van der Waals surface area contributed by atoms with E-state index in [9.17, 15) is 9.59 Å². The van der Waals surface area contributed by atoms with Gasteiger partial charge in [0, 0.05) is 17.5 Å². The summed E-state index contributed by atoms with van der Waals surface area (Å²) in [6, 6.07) is 14.0. The van der Waals surface area contributed by atoms with Gasteiger partial charge in [0.15, 0.2) is 12.3 Å². The Morgan fingerprint density at radius 3 is 2.66 bits per heavy atom. The fourth-order valence-electron chi connectivity index (χ4n) is 3.24. The first kappa shape index (κ1) is 21.2. The normalized spacial score (nSPS) is 11.1. The summed E-state index contributed by atoms with van der Waals surface area (Å²) in [5.41, 5.74) is 0.526. The van der Waals surface area contributed by atoms with Crippen LogP contribution in [-0.2, 0) is 17.9 Å². The molecule has 0 aliphatic carbocycles. The van der Waals surface area contributed by atoms with Gasteiger partial charge in [0.1, 0.15) is 5.75 Å². The first-order valence-corrected chi connectivity index (χ1v) is 10.1. The van der Waals surface area contributed by atoms with Crippen LogP contribution in [-0.4, -0.2) is 33.0 Å². The van der Waals surface area contributed by atoms with Crippen molar-refractivity contribution in [3.05, 3.63) is 70.5 Å². The van der Waals surface area contributed by atoms with Crippen molar-refractivity contribution in [1.29, 1.82) is 0 Å². The first-order chi connectivity index (χ1) is 15.5. The first-order valence-electron chi connectivity index (χ1n) is 10.1. The molecule has 4 aromatic rings. The van der Waals surface area contributed by atoms with Gasteiger partial charge >= 0.3 is 5.97 Å². The smallest absolute Gasteiger partial charge is 0.359 e. The van der Waals surface area contributed by atoms with Crippen molar-refractivity contribution in [3.63, 3.8) is 0 Å². The summed E-state index contributed by atoms with van der Waals surface area (Å²) >= 11 is 0. The van der Waals surface area contributed by atoms with Crippen LogP contribution >= 0.6 is 0 Å². The zero-order valence-electron chi connectivity index (χ0n) is 17.9. The minimum absolute atomic E-state index is 0.0633. The summed E-state index contributed by atoms with van der Waals surface area (Å²) in [7, 11) is 1.57. The molecule has 164 valence electrons. The minimum Gasteiger partial charge on any atom is -0.497 e. The van der Waals surface area contributed by atoms with Gasteiger partial charge in [-0.25, -0.2) is 9.48 Å². The molecule has 0 radical (unpaired) electrons. The molecule has 2 aromatic carbocycles. The quantitative estimate of drug-likeness (QED) is 0.407. The van der Waals surface area contributed by atoms with Gasteiger partial charge in [0.25, 0.3) is 11.4 Å². The molecule has 0 aliphatic rings. The van der Waals surface area contributed by atoms with Crippen LogP contribution in [0.1, 0.15) is 30.2 Å². The molecule has 0 unspecified atom stereocenters. The van der Waals surface area contributed by atoms with Gasteiger partial charge in [-0.3, -0.25) is 4.79 Å². The van der Waals surface area contributed by atoms with E-state index in [2.05, 4.69) is 15.2 Å². The largest absolute Gasteiger partial charge is 0.497 e. The lowest BCUT2D eigenvalue weighted by atomic mass is 10.1. The fourth-order valence-corrected chi connectivity index (χ4v) is 3.24. The number of esters is 1. The molecule has 0 fully saturated rings. The minimum atomic E-state index is -0.681. The third kappa shape index (κ3) is 4.36. The third-order valence-electron chi connectivity index (χ3n) is 4.72. The Morgan fingerprint density at radius 2 is 1.91 bits per heavy atom. The molecule has 0 aliphatic heterocycles. The van der Waals surface area contributed by atoms with E-state index < -0.39 is 5.97 Å². The van der Waals surface area contributed by atoms with Crippen molar-refractivity contribution in [1.82, 2.24) is 19.9 Å². The molecule has 9 nitrogen and oxygen atoms in total. The van der Waals surface area contributed by atoms with E-state index in [0.29, 0.717) is 34.5 Å². The van der Waals surface area contributed by atoms with E-state index in [4.69, 9.17) is 14.0 Å². The summed E-state index contributed by atoms with van der Waals surface area (Å²) in [6.45, 7) is 4.10. The number of aromatic nitrogens is 4. The lowest BCUT2D eigenvalue weighted by Crippen LogP contribution is -2.28. The Labute approximate surface area is 183 Å². The van der Waals surface area contributed by atoms with E-state index >= 15 is 0 Å². The average Bonchev–Trinajstić information content (AvgIpc) is 3.28. The van der Waals surface area contributed by atoms with Gasteiger partial charge in [0.05, 0.1) is 12.5 Å². The summed E-state index contributed by atoms with van der Waals surface area (Å²) in [4.78, 5) is 29.8. The van der Waals surface area contributed by atoms with Crippen LogP contribution in [0, 0.1) is 5.92 Å². The summed E-state index contributed by atoms with van der Waals surface area (Å²) in [6.07, 6.45) is 0. The average molecular weight is 434 g/mol. The van der Waals surface area contributed by atoms with Crippen molar-refractivity contribution in [2.24, 2.45) is 5.92 Å². The summed E-state index contributed by atoms with van der Waals surface area (Å²) in [5.74, 6) is 0.647. The highest BCUT2D eigenvalue weighted by molar-refractivity contribution is 6.02. The Kier molecular flexibility index (Phi) is 5.98. The summed E-state index contributed by atoms with van der Waals surface area (Å²) < 4.78 is 17.1. The van der Waals surface area contributed by atoms with E-state index in [-0.39, 0.29) is 29.7 Å². The van der Waals surface area contributed by atoms with Crippen molar-refractivity contribution in [2.75, 3.05) is 7.11 Å². The van der Waals surface area contributed by atoms with E-state index in [1.165, 1.54) is 4.68 Å². The predicted molar refractivity (Wildman–Crippen MR) is 116 cm³/mol. The number of hydrogen-bond acceptors (Lipinski definition) is 8. The molecule has 0 amide bonds. The molecular weight excluding hydrogens is 412 g/mol. The maximum absolute atomic E-state index is 12.8. The number of fused-ring (bicyclic) bond motifs is 1. The number of methoxy groups -OCH3 is 1. The Balaban J connectivity index is 1.57. The lowest BCUT2D eigenvalue weighted by Gasteiger charge is -2.11. The highest BCUT2D eigenvalue weighted by atomic mass is 16.6. The Morgan fingerprint density at radius 1 is 1.12 bits per heavy atom. The molecule has 2 heterocycles. The van der Waals surface area contributed by atoms with Crippen LogP contribution in [0.5, 0.6) is 5.75 Å². The standard InChI is InChI=1S/C23H22N4O5/c1-14(2)12-27-22(28)18-10-5-4-9-17(18)20(25-27)23(29)31-13-19-24-21(26-32-19)15-7-6-8-16(11-15)30-3/h4-11,14H,12-13H2,1-3H3. The Hall–Kier alpha value is -4.01. The van der Waals surface area contributed by atoms with Gasteiger partial charge in [0.2, 0.25) is 5.82 Å². The molecule has 0 spiro atoms. The highest BCUT2D eigenvalue weighted by Gasteiger charge is 2.20. The third-order valence-corrected chi connectivity index (χ3v) is 4.72.